The molecule has 0 radical (unpaired) electrons. The zero-order valence-corrected chi connectivity index (χ0v) is 10.7. The zero-order chi connectivity index (χ0) is 12.5. The number of carbonyl (C=O) groups is 1. The van der Waals surface area contributed by atoms with E-state index in [1.807, 2.05) is 17.7 Å². The molecule has 2 bridgehead atoms. The smallest absolute Gasteiger partial charge is 0.225 e. The van der Waals surface area contributed by atoms with E-state index in [-0.39, 0.29) is 17.9 Å². The maximum atomic E-state index is 12.2. The fourth-order valence-electron chi connectivity index (χ4n) is 3.22. The number of amides is 1. The quantitative estimate of drug-likeness (QED) is 0.817. The Hall–Kier alpha value is -1.36. The normalized spacial score (nSPS) is 31.5. The van der Waals surface area contributed by atoms with Crippen molar-refractivity contribution in [3.63, 3.8) is 0 Å². The lowest BCUT2D eigenvalue weighted by Gasteiger charge is -2.22. The molecule has 4 atom stereocenters. The summed E-state index contributed by atoms with van der Waals surface area (Å²) in [4.78, 5) is 16.2. The van der Waals surface area contributed by atoms with E-state index < -0.39 is 0 Å². The van der Waals surface area contributed by atoms with E-state index >= 15 is 0 Å². The predicted molar refractivity (Wildman–Crippen MR) is 67.9 cm³/mol. The monoisotopic (exact) mass is 248 g/mol. The Morgan fingerprint density at radius 1 is 1.61 bits per heavy atom. The minimum Gasteiger partial charge on any atom is -0.352 e. The minimum atomic E-state index is 0.144. The van der Waals surface area contributed by atoms with Gasteiger partial charge in [-0.15, -0.1) is 0 Å². The van der Waals surface area contributed by atoms with Crippen molar-refractivity contribution in [2.75, 3.05) is 0 Å². The van der Waals surface area contributed by atoms with Crippen LogP contribution >= 0.6 is 0 Å². The third-order valence-corrected chi connectivity index (χ3v) is 4.07. The zero-order valence-electron chi connectivity index (χ0n) is 10.7. The van der Waals surface area contributed by atoms with Gasteiger partial charge < -0.3 is 15.2 Å². The summed E-state index contributed by atoms with van der Waals surface area (Å²) >= 11 is 0. The molecule has 1 aromatic rings. The summed E-state index contributed by atoms with van der Waals surface area (Å²) in [7, 11) is 0. The van der Waals surface area contributed by atoms with Crippen molar-refractivity contribution >= 4 is 5.91 Å². The van der Waals surface area contributed by atoms with Gasteiger partial charge in [0.1, 0.15) is 0 Å². The van der Waals surface area contributed by atoms with Crippen LogP contribution in [0, 0.1) is 5.92 Å². The molecule has 0 saturated carbocycles. The number of hydrogen-bond donors (Lipinski definition) is 2. The van der Waals surface area contributed by atoms with Gasteiger partial charge in [-0.2, -0.15) is 0 Å². The summed E-state index contributed by atoms with van der Waals surface area (Å²) in [5.41, 5.74) is 0. The predicted octanol–water partition coefficient (Wildman–Crippen LogP) is 0.528. The van der Waals surface area contributed by atoms with Gasteiger partial charge in [0, 0.05) is 37.1 Å². The molecule has 0 spiro atoms. The Bertz CT molecular complexity index is 417. The Morgan fingerprint density at radius 2 is 2.50 bits per heavy atom. The van der Waals surface area contributed by atoms with Gasteiger partial charge in [-0.05, 0) is 26.2 Å². The average molecular weight is 248 g/mol. The molecule has 2 fully saturated rings. The molecule has 5 heteroatoms. The second-order valence-electron chi connectivity index (χ2n) is 5.56. The first kappa shape index (κ1) is 11.7. The van der Waals surface area contributed by atoms with E-state index in [1.54, 1.807) is 12.5 Å². The molecule has 18 heavy (non-hydrogen) atoms. The SMILES string of the molecule is CC(Cn1ccnc1)NC(=O)C1CC2CCC1N2. The molecule has 5 nitrogen and oxygen atoms in total. The first-order valence-electron chi connectivity index (χ1n) is 6.74. The van der Waals surface area contributed by atoms with Crippen LogP contribution in [0.2, 0.25) is 0 Å². The number of nitrogens with one attached hydrogen (secondary N) is 2. The molecule has 98 valence electrons. The van der Waals surface area contributed by atoms with Gasteiger partial charge in [0.05, 0.1) is 12.2 Å². The second kappa shape index (κ2) is 4.72. The molecule has 1 amide bonds. The van der Waals surface area contributed by atoms with E-state index in [0.29, 0.717) is 12.1 Å². The van der Waals surface area contributed by atoms with E-state index in [4.69, 9.17) is 0 Å². The third-order valence-electron chi connectivity index (χ3n) is 4.07. The highest BCUT2D eigenvalue weighted by molar-refractivity contribution is 5.80. The van der Waals surface area contributed by atoms with Gasteiger partial charge in [0.2, 0.25) is 5.91 Å². The van der Waals surface area contributed by atoms with E-state index in [2.05, 4.69) is 15.6 Å². The van der Waals surface area contributed by atoms with Crippen molar-refractivity contribution < 1.29 is 4.79 Å². The molecule has 2 N–H and O–H groups in total. The highest BCUT2D eigenvalue weighted by Gasteiger charge is 2.42. The summed E-state index contributed by atoms with van der Waals surface area (Å²) in [6.07, 6.45) is 8.85. The minimum absolute atomic E-state index is 0.144. The van der Waals surface area contributed by atoms with Crippen molar-refractivity contribution in [2.45, 2.75) is 50.9 Å². The van der Waals surface area contributed by atoms with Crippen LogP contribution < -0.4 is 10.6 Å². The van der Waals surface area contributed by atoms with E-state index in [0.717, 1.165) is 19.4 Å². The number of fused-ring (bicyclic) bond motifs is 2. The fraction of sp³-hybridized carbons (Fsp3) is 0.692. The van der Waals surface area contributed by atoms with Crippen LogP contribution in [0.15, 0.2) is 18.7 Å². The van der Waals surface area contributed by atoms with Crippen molar-refractivity contribution in [1.29, 1.82) is 0 Å². The maximum absolute atomic E-state index is 12.2. The topological polar surface area (TPSA) is 59.0 Å². The summed E-state index contributed by atoms with van der Waals surface area (Å²) in [6, 6.07) is 1.14. The van der Waals surface area contributed by atoms with Gasteiger partial charge in [0.25, 0.3) is 0 Å². The molecular formula is C13H20N4O. The summed E-state index contributed by atoms with van der Waals surface area (Å²) < 4.78 is 1.99. The highest BCUT2D eigenvalue weighted by atomic mass is 16.2. The summed E-state index contributed by atoms with van der Waals surface area (Å²) in [5, 5.41) is 6.62. The Kier molecular flexibility index (Phi) is 3.07. The number of aromatic nitrogens is 2. The molecule has 0 aromatic carbocycles. The van der Waals surface area contributed by atoms with Gasteiger partial charge in [-0.1, -0.05) is 0 Å². The molecule has 3 heterocycles. The van der Waals surface area contributed by atoms with Crippen LogP contribution in [-0.4, -0.2) is 33.6 Å². The first-order chi connectivity index (χ1) is 8.72. The molecule has 2 aliphatic rings. The van der Waals surface area contributed by atoms with Gasteiger partial charge in [0.15, 0.2) is 0 Å². The van der Waals surface area contributed by atoms with Gasteiger partial charge >= 0.3 is 0 Å². The van der Waals surface area contributed by atoms with Crippen molar-refractivity contribution in [3.05, 3.63) is 18.7 Å². The molecule has 0 aliphatic carbocycles. The van der Waals surface area contributed by atoms with Crippen LogP contribution in [0.25, 0.3) is 0 Å². The van der Waals surface area contributed by atoms with Crippen LogP contribution in [-0.2, 0) is 11.3 Å². The summed E-state index contributed by atoms with van der Waals surface area (Å²) in [6.45, 7) is 2.82. The lowest BCUT2D eigenvalue weighted by atomic mass is 9.88. The number of hydrogen-bond acceptors (Lipinski definition) is 3. The van der Waals surface area contributed by atoms with Crippen molar-refractivity contribution in [1.82, 2.24) is 20.2 Å². The van der Waals surface area contributed by atoms with Crippen molar-refractivity contribution in [2.24, 2.45) is 5.92 Å². The molecule has 4 unspecified atom stereocenters. The van der Waals surface area contributed by atoms with Crippen molar-refractivity contribution in [3.8, 4) is 0 Å². The molecule has 1 aromatic heterocycles. The van der Waals surface area contributed by atoms with Crippen LogP contribution in [0.1, 0.15) is 26.2 Å². The molecule has 2 aliphatic heterocycles. The Morgan fingerprint density at radius 3 is 3.11 bits per heavy atom. The van der Waals surface area contributed by atoms with Gasteiger partial charge in [-0.25, -0.2) is 4.98 Å². The van der Waals surface area contributed by atoms with E-state index in [9.17, 15) is 4.79 Å². The maximum Gasteiger partial charge on any atom is 0.225 e. The Labute approximate surface area is 107 Å². The number of imidazole rings is 1. The average Bonchev–Trinajstić information content (AvgIpc) is 3.04. The third kappa shape index (κ3) is 2.27. The lowest BCUT2D eigenvalue weighted by Crippen LogP contribution is -2.43. The molecule has 2 saturated heterocycles. The van der Waals surface area contributed by atoms with Gasteiger partial charge in [-0.3, -0.25) is 4.79 Å². The summed E-state index contributed by atoms with van der Waals surface area (Å²) in [5.74, 6) is 0.385. The number of carbonyl (C=O) groups excluding carboxylic acids is 1. The highest BCUT2D eigenvalue weighted by Crippen LogP contribution is 2.33. The van der Waals surface area contributed by atoms with E-state index in [1.165, 1.54) is 6.42 Å². The van der Waals surface area contributed by atoms with Crippen LogP contribution in [0.3, 0.4) is 0 Å². The van der Waals surface area contributed by atoms with Crippen LogP contribution in [0.5, 0.6) is 0 Å². The standard InChI is InChI=1S/C13H20N4O/c1-9(7-17-5-4-14-8-17)15-13(18)11-6-10-2-3-12(11)16-10/h4-5,8-12,16H,2-3,6-7H2,1H3,(H,15,18). The Balaban J connectivity index is 1.51. The lowest BCUT2D eigenvalue weighted by molar-refractivity contribution is -0.126. The van der Waals surface area contributed by atoms with Crippen LogP contribution in [0.4, 0.5) is 0 Å². The first-order valence-corrected chi connectivity index (χ1v) is 6.74. The molecular weight excluding hydrogens is 228 g/mol. The number of rotatable bonds is 4. The number of nitrogens with zero attached hydrogens (tertiary/aromatic N) is 2. The largest absolute Gasteiger partial charge is 0.352 e. The second-order valence-corrected chi connectivity index (χ2v) is 5.56. The fourth-order valence-corrected chi connectivity index (χ4v) is 3.22. The molecule has 3 rings (SSSR count).